The Labute approximate surface area is 180 Å². The lowest BCUT2D eigenvalue weighted by atomic mass is 9.97. The average molecular weight is 416 g/mol. The predicted octanol–water partition coefficient (Wildman–Crippen LogP) is 2.81. The molecule has 0 atom stereocenters. The average Bonchev–Trinajstić information content (AvgIpc) is 3.10. The Bertz CT molecular complexity index is 1270. The molecule has 4 aromatic rings. The van der Waals surface area contributed by atoms with E-state index >= 15 is 0 Å². The SMILES string of the molecule is Cc1cc2ncnc(N3CCC(Cn4nc(-c5ccncc5)ccc4=O)CC3)c2n1C. The van der Waals surface area contributed by atoms with Gasteiger partial charge in [-0.2, -0.15) is 5.10 Å². The Balaban J connectivity index is 1.32. The van der Waals surface area contributed by atoms with Gasteiger partial charge in [0.1, 0.15) is 11.8 Å². The van der Waals surface area contributed by atoms with E-state index in [1.54, 1.807) is 35.5 Å². The predicted molar refractivity (Wildman–Crippen MR) is 120 cm³/mol. The van der Waals surface area contributed by atoms with E-state index in [-0.39, 0.29) is 5.56 Å². The van der Waals surface area contributed by atoms with Crippen LogP contribution in [0.3, 0.4) is 0 Å². The van der Waals surface area contributed by atoms with Gasteiger partial charge in [-0.15, -0.1) is 0 Å². The van der Waals surface area contributed by atoms with Crippen molar-refractivity contribution in [3.05, 3.63) is 65.1 Å². The Morgan fingerprint density at radius 2 is 1.84 bits per heavy atom. The summed E-state index contributed by atoms with van der Waals surface area (Å²) < 4.78 is 3.77. The molecule has 0 bridgehead atoms. The van der Waals surface area contributed by atoms with Crippen molar-refractivity contribution in [2.75, 3.05) is 18.0 Å². The molecule has 8 heteroatoms. The van der Waals surface area contributed by atoms with Crippen molar-refractivity contribution in [2.24, 2.45) is 13.0 Å². The van der Waals surface area contributed by atoms with E-state index in [2.05, 4.69) is 49.6 Å². The molecule has 0 saturated carbocycles. The molecule has 4 aromatic heterocycles. The fourth-order valence-corrected chi connectivity index (χ4v) is 4.34. The van der Waals surface area contributed by atoms with Gasteiger partial charge in [-0.3, -0.25) is 9.78 Å². The van der Waals surface area contributed by atoms with Crippen LogP contribution in [-0.2, 0) is 13.6 Å². The molecule has 5 rings (SSSR count). The summed E-state index contributed by atoms with van der Waals surface area (Å²) in [6.07, 6.45) is 7.10. The molecule has 0 spiro atoms. The first-order chi connectivity index (χ1) is 15.1. The molecule has 0 unspecified atom stereocenters. The number of nitrogens with zero attached hydrogens (tertiary/aromatic N) is 7. The first kappa shape index (κ1) is 19.4. The first-order valence-corrected chi connectivity index (χ1v) is 10.6. The van der Waals surface area contributed by atoms with Crippen molar-refractivity contribution in [1.82, 2.24) is 29.3 Å². The van der Waals surface area contributed by atoms with Gasteiger partial charge >= 0.3 is 0 Å². The summed E-state index contributed by atoms with van der Waals surface area (Å²) in [5, 5.41) is 4.61. The van der Waals surface area contributed by atoms with Crippen LogP contribution in [0.15, 0.2) is 53.8 Å². The fraction of sp³-hybridized carbons (Fsp3) is 0.348. The van der Waals surface area contributed by atoms with Crippen LogP contribution in [0.2, 0.25) is 0 Å². The van der Waals surface area contributed by atoms with E-state index in [9.17, 15) is 4.79 Å². The molecule has 0 amide bonds. The number of aromatic nitrogens is 6. The molecule has 0 aromatic carbocycles. The molecule has 5 heterocycles. The van der Waals surface area contributed by atoms with E-state index in [1.165, 1.54) is 5.69 Å². The van der Waals surface area contributed by atoms with Gasteiger partial charge in [-0.05, 0) is 49.9 Å². The van der Waals surface area contributed by atoms with Crippen molar-refractivity contribution < 1.29 is 0 Å². The Morgan fingerprint density at radius 1 is 1.06 bits per heavy atom. The van der Waals surface area contributed by atoms with Crippen LogP contribution in [0, 0.1) is 12.8 Å². The lowest BCUT2D eigenvalue weighted by Crippen LogP contribution is -2.37. The van der Waals surface area contributed by atoms with Crippen molar-refractivity contribution in [1.29, 1.82) is 0 Å². The van der Waals surface area contributed by atoms with Crippen LogP contribution in [0.1, 0.15) is 18.5 Å². The number of pyridine rings is 1. The lowest BCUT2D eigenvalue weighted by molar-refractivity contribution is 0.335. The standard InChI is InChI=1S/C23H25N7O/c1-16-13-20-22(28(16)2)23(26-15-25-20)29-11-7-17(8-12-29)14-30-21(31)4-3-19(27-30)18-5-9-24-10-6-18/h3-6,9-10,13,15,17H,7-8,11-12,14H2,1-2H3. The number of aryl methyl sites for hydroxylation is 2. The summed E-state index contributed by atoms with van der Waals surface area (Å²) in [4.78, 5) is 27.8. The second kappa shape index (κ2) is 7.94. The smallest absolute Gasteiger partial charge is 0.266 e. The highest BCUT2D eigenvalue weighted by Gasteiger charge is 2.24. The Kier molecular flexibility index (Phi) is 4.97. The van der Waals surface area contributed by atoms with Gasteiger partial charge in [0.25, 0.3) is 5.56 Å². The number of rotatable bonds is 4. The third kappa shape index (κ3) is 3.69. The van der Waals surface area contributed by atoms with Gasteiger partial charge in [-0.25, -0.2) is 14.6 Å². The normalized spacial score (nSPS) is 15.0. The van der Waals surface area contributed by atoms with E-state index in [4.69, 9.17) is 0 Å². The summed E-state index contributed by atoms with van der Waals surface area (Å²) in [5.41, 5.74) is 4.94. The lowest BCUT2D eigenvalue weighted by Gasteiger charge is -2.33. The maximum Gasteiger partial charge on any atom is 0.266 e. The number of piperidine rings is 1. The zero-order valence-electron chi connectivity index (χ0n) is 17.8. The third-order valence-corrected chi connectivity index (χ3v) is 6.23. The number of fused-ring (bicyclic) bond motifs is 1. The number of hydrogen-bond acceptors (Lipinski definition) is 6. The minimum Gasteiger partial charge on any atom is -0.355 e. The van der Waals surface area contributed by atoms with Gasteiger partial charge in [-0.1, -0.05) is 0 Å². The maximum atomic E-state index is 12.4. The second-order valence-corrected chi connectivity index (χ2v) is 8.18. The highest BCUT2D eigenvalue weighted by Crippen LogP contribution is 2.29. The molecule has 0 aliphatic carbocycles. The largest absolute Gasteiger partial charge is 0.355 e. The van der Waals surface area contributed by atoms with Crippen molar-refractivity contribution >= 4 is 16.9 Å². The van der Waals surface area contributed by atoms with E-state index in [0.29, 0.717) is 12.5 Å². The van der Waals surface area contributed by atoms with Crippen molar-refractivity contribution in [3.63, 3.8) is 0 Å². The van der Waals surface area contributed by atoms with Crippen LogP contribution in [-0.4, -0.2) is 42.4 Å². The summed E-state index contributed by atoms with van der Waals surface area (Å²) in [6, 6.07) is 9.29. The Morgan fingerprint density at radius 3 is 2.61 bits per heavy atom. The Hall–Kier alpha value is -3.55. The molecular formula is C23H25N7O. The molecule has 31 heavy (non-hydrogen) atoms. The van der Waals surface area contributed by atoms with Crippen molar-refractivity contribution in [3.8, 4) is 11.3 Å². The van der Waals surface area contributed by atoms with Gasteiger partial charge in [0.05, 0.1) is 11.2 Å². The maximum absolute atomic E-state index is 12.4. The highest BCUT2D eigenvalue weighted by molar-refractivity contribution is 5.87. The quantitative estimate of drug-likeness (QED) is 0.510. The summed E-state index contributed by atoms with van der Waals surface area (Å²) >= 11 is 0. The summed E-state index contributed by atoms with van der Waals surface area (Å²) in [7, 11) is 2.06. The summed E-state index contributed by atoms with van der Waals surface area (Å²) in [5.74, 6) is 1.40. The van der Waals surface area contributed by atoms with Gasteiger partial charge in [0.15, 0.2) is 5.82 Å². The molecule has 0 N–H and O–H groups in total. The summed E-state index contributed by atoms with van der Waals surface area (Å²) in [6.45, 7) is 4.52. The van der Waals surface area contributed by atoms with E-state index in [0.717, 1.165) is 54.0 Å². The molecule has 1 saturated heterocycles. The minimum atomic E-state index is -0.0583. The number of anilines is 1. The monoisotopic (exact) mass is 415 g/mol. The van der Waals surface area contributed by atoms with Crippen LogP contribution in [0.5, 0.6) is 0 Å². The fourth-order valence-electron chi connectivity index (χ4n) is 4.34. The first-order valence-electron chi connectivity index (χ1n) is 10.6. The van der Waals surface area contributed by atoms with Crippen LogP contribution >= 0.6 is 0 Å². The highest BCUT2D eigenvalue weighted by atomic mass is 16.1. The van der Waals surface area contributed by atoms with Gasteiger partial charge in [0, 0.05) is 56.4 Å². The second-order valence-electron chi connectivity index (χ2n) is 8.18. The molecule has 1 aliphatic heterocycles. The topological polar surface area (TPSA) is 81.7 Å². The van der Waals surface area contributed by atoms with Crippen molar-refractivity contribution in [2.45, 2.75) is 26.3 Å². The van der Waals surface area contributed by atoms with Crippen LogP contribution < -0.4 is 10.5 Å². The molecule has 1 aliphatic rings. The van der Waals surface area contributed by atoms with Crippen LogP contribution in [0.4, 0.5) is 5.82 Å². The molecule has 158 valence electrons. The molecule has 1 fully saturated rings. The third-order valence-electron chi connectivity index (χ3n) is 6.23. The zero-order chi connectivity index (χ0) is 21.4. The minimum absolute atomic E-state index is 0.0583. The number of hydrogen-bond donors (Lipinski definition) is 0. The van der Waals surface area contributed by atoms with E-state index < -0.39 is 0 Å². The molecule has 0 radical (unpaired) electrons. The van der Waals surface area contributed by atoms with Gasteiger partial charge < -0.3 is 9.47 Å². The van der Waals surface area contributed by atoms with E-state index in [1.807, 2.05) is 12.1 Å². The zero-order valence-corrected chi connectivity index (χ0v) is 17.8. The van der Waals surface area contributed by atoms with Gasteiger partial charge in [0.2, 0.25) is 0 Å². The molecule has 8 nitrogen and oxygen atoms in total. The van der Waals surface area contributed by atoms with Crippen LogP contribution in [0.25, 0.3) is 22.3 Å². The molecular weight excluding hydrogens is 390 g/mol.